The quantitative estimate of drug-likeness (QED) is 0.404. The maximum atomic E-state index is 12.3. The molecular formula is C15H18N5O6P. The lowest BCUT2D eigenvalue weighted by molar-refractivity contribution is 0.141. The number of H-pyrrole nitrogens is 1. The van der Waals surface area contributed by atoms with E-state index in [-0.39, 0.29) is 41.3 Å². The fourth-order valence-electron chi connectivity index (χ4n) is 2.47. The third-order valence-corrected chi connectivity index (χ3v) is 4.80. The summed E-state index contributed by atoms with van der Waals surface area (Å²) in [5, 5.41) is -0.0399. The van der Waals surface area contributed by atoms with Crippen LogP contribution in [0.15, 0.2) is 33.9 Å². The topological polar surface area (TPSA) is 166 Å². The van der Waals surface area contributed by atoms with Crippen molar-refractivity contribution in [1.29, 1.82) is 0 Å². The van der Waals surface area contributed by atoms with E-state index in [1.807, 2.05) is 0 Å². The predicted molar refractivity (Wildman–Crippen MR) is 98.1 cm³/mol. The molecule has 2 heterocycles. The number of nitrogens with two attached hydrogens (primary N) is 1. The summed E-state index contributed by atoms with van der Waals surface area (Å²) in [5.41, 5.74) is 6.28. The van der Waals surface area contributed by atoms with Crippen LogP contribution in [0.5, 0.6) is 6.01 Å². The summed E-state index contributed by atoms with van der Waals surface area (Å²) in [6, 6.07) is -0.0156. The highest BCUT2D eigenvalue weighted by Gasteiger charge is 2.23. The largest absolute Gasteiger partial charge is 0.461 e. The van der Waals surface area contributed by atoms with Gasteiger partial charge in [-0.2, -0.15) is 9.97 Å². The number of fused-ring (bicyclic) bond motifs is 1. The van der Waals surface area contributed by atoms with E-state index in [4.69, 9.17) is 15.2 Å². The number of imidazole rings is 1. The second-order valence-corrected chi connectivity index (χ2v) is 7.34. The Morgan fingerprint density at radius 3 is 2.89 bits per heavy atom. The minimum absolute atomic E-state index is 0.00233. The number of methoxy groups -OCH3 is 1. The number of aromatic amines is 1. The van der Waals surface area contributed by atoms with Crippen LogP contribution in [0.3, 0.4) is 0 Å². The number of allylic oxidation sites excluding steroid dienone is 5. The highest BCUT2D eigenvalue weighted by atomic mass is 31.2. The van der Waals surface area contributed by atoms with Crippen LogP contribution in [-0.2, 0) is 9.30 Å². The average molecular weight is 395 g/mol. The van der Waals surface area contributed by atoms with Gasteiger partial charge in [0.25, 0.3) is 0 Å². The Balaban J connectivity index is 2.00. The van der Waals surface area contributed by atoms with Gasteiger partial charge in [-0.25, -0.2) is 4.79 Å². The number of anilines is 1. The van der Waals surface area contributed by atoms with Crippen LogP contribution < -0.4 is 16.2 Å². The van der Waals surface area contributed by atoms with Crippen molar-refractivity contribution in [2.75, 3.05) is 26.1 Å². The second-order valence-electron chi connectivity index (χ2n) is 5.67. The molecule has 0 saturated carbocycles. The monoisotopic (exact) mass is 395 g/mol. The smallest absolute Gasteiger partial charge is 0.352 e. The number of ether oxygens (including phenoxy) is 2. The van der Waals surface area contributed by atoms with E-state index >= 15 is 0 Å². The normalized spacial score (nSPS) is 16.1. The van der Waals surface area contributed by atoms with Gasteiger partial charge in [0.1, 0.15) is 12.1 Å². The molecule has 0 saturated heterocycles. The standard InChI is InChI=1S/C15H18N5O6P/c1-25-5-6-26-14-18-12(16)11-13(19-14)20(15(21)17-11)8-9-3-2-4-10(7-9)27(22,23)24/h2-4,8H,5-7H2,1H3,(H,17,21)(H2,16,18,19)(H2,22,23,24)/b9-8+. The predicted octanol–water partition coefficient (Wildman–Crippen LogP) is 0.589. The van der Waals surface area contributed by atoms with Crippen LogP contribution in [0.4, 0.5) is 5.82 Å². The summed E-state index contributed by atoms with van der Waals surface area (Å²) >= 11 is 0. The molecular weight excluding hydrogens is 377 g/mol. The first-order chi connectivity index (χ1) is 12.8. The summed E-state index contributed by atoms with van der Waals surface area (Å²) in [6.45, 7) is 0.532. The first-order valence-corrected chi connectivity index (χ1v) is 9.44. The van der Waals surface area contributed by atoms with Crippen LogP contribution in [0, 0.1) is 0 Å². The zero-order chi connectivity index (χ0) is 19.6. The summed E-state index contributed by atoms with van der Waals surface area (Å²) in [5.74, 6) is 0.0386. The third kappa shape index (κ3) is 4.17. The number of aromatic nitrogens is 4. The average Bonchev–Trinajstić information content (AvgIpc) is 2.91. The van der Waals surface area contributed by atoms with Crippen LogP contribution in [0.25, 0.3) is 17.4 Å². The fraction of sp³-hybridized carbons (Fsp3) is 0.267. The zero-order valence-electron chi connectivity index (χ0n) is 14.3. The van der Waals surface area contributed by atoms with Gasteiger partial charge in [-0.3, -0.25) is 9.13 Å². The Bertz CT molecular complexity index is 1060. The van der Waals surface area contributed by atoms with Crippen molar-refractivity contribution in [3.63, 3.8) is 0 Å². The van der Waals surface area contributed by atoms with Gasteiger partial charge in [-0.05, 0) is 5.57 Å². The molecule has 2 aromatic heterocycles. The van der Waals surface area contributed by atoms with Gasteiger partial charge < -0.3 is 30.0 Å². The molecule has 0 radical (unpaired) electrons. The van der Waals surface area contributed by atoms with Gasteiger partial charge in [0.2, 0.25) is 0 Å². The first-order valence-electron chi connectivity index (χ1n) is 7.83. The molecule has 0 unspecified atom stereocenters. The molecule has 0 fully saturated rings. The van der Waals surface area contributed by atoms with Crippen molar-refractivity contribution in [2.24, 2.45) is 0 Å². The number of hydrogen-bond donors (Lipinski definition) is 4. The van der Waals surface area contributed by atoms with E-state index in [9.17, 15) is 19.1 Å². The molecule has 3 rings (SSSR count). The summed E-state index contributed by atoms with van der Waals surface area (Å²) < 4.78 is 22.9. The minimum Gasteiger partial charge on any atom is -0.461 e. The maximum absolute atomic E-state index is 12.3. The fourth-order valence-corrected chi connectivity index (χ4v) is 3.14. The molecule has 0 spiro atoms. The number of hydrogen-bond acceptors (Lipinski definition) is 7. The van der Waals surface area contributed by atoms with Crippen molar-refractivity contribution in [3.05, 3.63) is 39.6 Å². The molecule has 0 atom stereocenters. The molecule has 0 aliphatic heterocycles. The van der Waals surface area contributed by atoms with Crippen LogP contribution in [0.1, 0.15) is 6.42 Å². The highest BCUT2D eigenvalue weighted by Crippen LogP contribution is 2.49. The number of rotatable bonds is 6. The van der Waals surface area contributed by atoms with Crippen LogP contribution >= 0.6 is 7.60 Å². The Labute approximate surface area is 153 Å². The van der Waals surface area contributed by atoms with E-state index in [0.29, 0.717) is 12.2 Å². The van der Waals surface area contributed by atoms with Gasteiger partial charge in [0, 0.05) is 25.0 Å². The number of nitrogens with zero attached hydrogens (tertiary/aromatic N) is 3. The minimum atomic E-state index is -4.36. The highest BCUT2D eigenvalue weighted by molar-refractivity contribution is 7.56. The van der Waals surface area contributed by atoms with Gasteiger partial charge in [-0.15, -0.1) is 0 Å². The summed E-state index contributed by atoms with van der Waals surface area (Å²) in [4.78, 5) is 41.7. The molecule has 1 aliphatic rings. The second kappa shape index (κ2) is 7.49. The summed E-state index contributed by atoms with van der Waals surface area (Å²) in [7, 11) is -2.84. The van der Waals surface area contributed by atoms with Gasteiger partial charge in [0.05, 0.1) is 6.61 Å². The van der Waals surface area contributed by atoms with E-state index < -0.39 is 13.3 Å². The molecule has 0 bridgehead atoms. The zero-order valence-corrected chi connectivity index (χ0v) is 15.2. The van der Waals surface area contributed by atoms with Gasteiger partial charge in [0.15, 0.2) is 11.5 Å². The molecule has 0 amide bonds. The van der Waals surface area contributed by atoms with Crippen molar-refractivity contribution in [3.8, 4) is 6.01 Å². The molecule has 0 aromatic carbocycles. The lowest BCUT2D eigenvalue weighted by atomic mass is 10.1. The van der Waals surface area contributed by atoms with E-state index in [1.165, 1.54) is 30.0 Å². The molecule has 2 aromatic rings. The number of nitrogen functional groups attached to an aromatic ring is 1. The van der Waals surface area contributed by atoms with Crippen molar-refractivity contribution < 1.29 is 23.8 Å². The molecule has 11 nitrogen and oxygen atoms in total. The van der Waals surface area contributed by atoms with Gasteiger partial charge in [-0.1, -0.05) is 18.2 Å². The molecule has 12 heteroatoms. The lowest BCUT2D eigenvalue weighted by Crippen LogP contribution is -2.13. The van der Waals surface area contributed by atoms with Crippen LogP contribution in [-0.4, -0.2) is 49.6 Å². The van der Waals surface area contributed by atoms with E-state index in [2.05, 4.69) is 15.0 Å². The van der Waals surface area contributed by atoms with E-state index in [0.717, 1.165) is 0 Å². The first kappa shape index (κ1) is 19.1. The Morgan fingerprint density at radius 2 is 2.19 bits per heavy atom. The summed E-state index contributed by atoms with van der Waals surface area (Å²) in [6.07, 6.45) is 5.94. The van der Waals surface area contributed by atoms with Crippen molar-refractivity contribution >= 4 is 30.8 Å². The Kier molecular flexibility index (Phi) is 5.29. The molecule has 144 valence electrons. The van der Waals surface area contributed by atoms with Crippen molar-refractivity contribution in [2.45, 2.75) is 6.42 Å². The van der Waals surface area contributed by atoms with Crippen LogP contribution in [0.2, 0.25) is 0 Å². The number of nitrogens with one attached hydrogen (secondary N) is 1. The third-order valence-electron chi connectivity index (χ3n) is 3.75. The van der Waals surface area contributed by atoms with Gasteiger partial charge >= 0.3 is 19.3 Å². The lowest BCUT2D eigenvalue weighted by Gasteiger charge is -2.13. The molecule has 1 aliphatic carbocycles. The SMILES string of the molecule is COCCOc1nc(N)c2[nH]c(=O)n(/C=C3\C=CC=C(P(=O)(O)O)C3)c2n1. The Hall–Kier alpha value is -2.72. The molecule has 5 N–H and O–H groups in total. The van der Waals surface area contributed by atoms with E-state index in [1.54, 1.807) is 6.08 Å². The maximum Gasteiger partial charge on any atom is 0.352 e. The van der Waals surface area contributed by atoms with Crippen molar-refractivity contribution in [1.82, 2.24) is 19.5 Å². The molecule has 27 heavy (non-hydrogen) atoms. The Morgan fingerprint density at radius 1 is 1.41 bits per heavy atom.